The van der Waals surface area contributed by atoms with Crippen molar-refractivity contribution >= 4 is 56.9 Å². The highest BCUT2D eigenvalue weighted by atomic mass is 35.5. The van der Waals surface area contributed by atoms with Crippen LogP contribution in [0.25, 0.3) is 5.69 Å². The van der Waals surface area contributed by atoms with Gasteiger partial charge in [0.2, 0.25) is 15.9 Å². The van der Waals surface area contributed by atoms with Crippen LogP contribution in [0.2, 0.25) is 10.0 Å². The number of aryl methyl sites for hydroxylation is 1. The number of halogens is 2. The number of carbonyl (C=O) groups is 2. The summed E-state index contributed by atoms with van der Waals surface area (Å²) < 4.78 is 30.2. The van der Waals surface area contributed by atoms with Crippen molar-refractivity contribution in [3.8, 4) is 5.69 Å². The van der Waals surface area contributed by atoms with E-state index in [4.69, 9.17) is 23.2 Å². The third kappa shape index (κ3) is 7.91. The molecule has 0 aliphatic heterocycles. The molecule has 1 aromatic heterocycles. The van der Waals surface area contributed by atoms with Crippen LogP contribution in [-0.4, -0.2) is 48.4 Å². The molecular formula is C31H31Cl2N5O4S. The van der Waals surface area contributed by atoms with Crippen molar-refractivity contribution in [3.63, 3.8) is 0 Å². The average molecular weight is 641 g/mol. The van der Waals surface area contributed by atoms with Crippen molar-refractivity contribution in [1.29, 1.82) is 0 Å². The fourth-order valence-corrected chi connectivity index (χ4v) is 6.35. The van der Waals surface area contributed by atoms with Gasteiger partial charge in [-0.2, -0.15) is 9.41 Å². The highest BCUT2D eigenvalue weighted by Gasteiger charge is 2.26. The Morgan fingerprint density at radius 2 is 1.67 bits per heavy atom. The van der Waals surface area contributed by atoms with Gasteiger partial charge in [-0.3, -0.25) is 9.59 Å². The fourth-order valence-electron chi connectivity index (χ4n) is 4.57. The molecule has 0 saturated heterocycles. The zero-order valence-corrected chi connectivity index (χ0v) is 26.2. The number of sulfonamides is 1. The Kier molecular flexibility index (Phi) is 10.4. The molecule has 0 bridgehead atoms. The van der Waals surface area contributed by atoms with E-state index in [1.807, 2.05) is 66.9 Å². The van der Waals surface area contributed by atoms with Gasteiger partial charge in [0.15, 0.2) is 0 Å². The van der Waals surface area contributed by atoms with Crippen LogP contribution in [0.1, 0.15) is 29.4 Å². The second kappa shape index (κ2) is 14.0. The topological polar surface area (TPSA) is 113 Å². The summed E-state index contributed by atoms with van der Waals surface area (Å²) in [6.07, 6.45) is 1.90. The summed E-state index contributed by atoms with van der Waals surface area (Å²) >= 11 is 12.6. The molecule has 0 radical (unpaired) electrons. The Balaban J connectivity index is 1.51. The SMILES string of the molecule is CC(=O)Nc1ccc(S(=O)(=O)N(CCc2ccccc2)CC(=O)N/N=C/c2cc(C)n(-c3cccc(Cl)c3Cl)c2C)cc1. The Bertz CT molecular complexity index is 1750. The first-order valence-electron chi connectivity index (χ1n) is 13.3. The molecule has 1 heterocycles. The molecule has 3 aromatic carbocycles. The summed E-state index contributed by atoms with van der Waals surface area (Å²) in [6, 6.07) is 22.5. The molecule has 43 heavy (non-hydrogen) atoms. The number of hydrogen-bond acceptors (Lipinski definition) is 5. The van der Waals surface area contributed by atoms with Gasteiger partial charge in [-0.15, -0.1) is 0 Å². The highest BCUT2D eigenvalue weighted by Crippen LogP contribution is 2.31. The number of nitrogens with one attached hydrogen (secondary N) is 2. The molecule has 0 spiro atoms. The number of hydrazone groups is 1. The summed E-state index contributed by atoms with van der Waals surface area (Å²) in [5.41, 5.74) is 7.01. The van der Waals surface area contributed by atoms with Crippen LogP contribution in [0.15, 0.2) is 88.9 Å². The minimum Gasteiger partial charge on any atom is -0.326 e. The first-order chi connectivity index (χ1) is 20.5. The number of benzene rings is 3. The maximum Gasteiger partial charge on any atom is 0.255 e. The van der Waals surface area contributed by atoms with Gasteiger partial charge >= 0.3 is 0 Å². The number of aromatic nitrogens is 1. The molecule has 4 rings (SSSR count). The Hall–Kier alpha value is -3.96. The first-order valence-corrected chi connectivity index (χ1v) is 15.5. The summed E-state index contributed by atoms with van der Waals surface area (Å²) in [6.45, 7) is 4.79. The lowest BCUT2D eigenvalue weighted by Crippen LogP contribution is -2.40. The number of nitrogens with zero attached hydrogens (tertiary/aromatic N) is 3. The van der Waals surface area contributed by atoms with E-state index in [1.54, 1.807) is 6.07 Å². The maximum absolute atomic E-state index is 13.6. The predicted molar refractivity (Wildman–Crippen MR) is 171 cm³/mol. The Morgan fingerprint density at radius 3 is 2.35 bits per heavy atom. The van der Waals surface area contributed by atoms with Gasteiger partial charge in [-0.05, 0) is 68.3 Å². The number of hydrogen-bond donors (Lipinski definition) is 2. The summed E-state index contributed by atoms with van der Waals surface area (Å²) in [4.78, 5) is 24.3. The Labute approximate surface area is 261 Å². The van der Waals surface area contributed by atoms with E-state index in [-0.39, 0.29) is 17.3 Å². The largest absolute Gasteiger partial charge is 0.326 e. The van der Waals surface area contributed by atoms with Gasteiger partial charge in [0, 0.05) is 36.1 Å². The number of carbonyl (C=O) groups excluding carboxylic acids is 2. The molecule has 4 aromatic rings. The average Bonchev–Trinajstić information content (AvgIpc) is 3.25. The van der Waals surface area contributed by atoms with Crippen LogP contribution in [0.4, 0.5) is 5.69 Å². The van der Waals surface area contributed by atoms with E-state index in [0.717, 1.165) is 32.5 Å². The lowest BCUT2D eigenvalue weighted by atomic mass is 10.1. The highest BCUT2D eigenvalue weighted by molar-refractivity contribution is 7.89. The van der Waals surface area contributed by atoms with Crippen LogP contribution in [0.5, 0.6) is 0 Å². The third-order valence-electron chi connectivity index (χ3n) is 6.66. The van der Waals surface area contributed by atoms with Crippen LogP contribution in [0, 0.1) is 13.8 Å². The van der Waals surface area contributed by atoms with E-state index < -0.39 is 22.5 Å². The van der Waals surface area contributed by atoms with Crippen molar-refractivity contribution in [1.82, 2.24) is 14.3 Å². The monoisotopic (exact) mass is 639 g/mol. The molecule has 9 nitrogen and oxygen atoms in total. The van der Waals surface area contributed by atoms with Crippen molar-refractivity contribution in [3.05, 3.63) is 111 Å². The Morgan fingerprint density at radius 1 is 0.977 bits per heavy atom. The lowest BCUT2D eigenvalue weighted by Gasteiger charge is -2.21. The second-order valence-electron chi connectivity index (χ2n) is 9.81. The molecule has 2 amide bonds. The molecule has 2 N–H and O–H groups in total. The van der Waals surface area contributed by atoms with Gasteiger partial charge in [0.05, 0.1) is 33.4 Å². The zero-order chi connectivity index (χ0) is 31.1. The number of rotatable bonds is 11. The number of amides is 2. The smallest absolute Gasteiger partial charge is 0.255 e. The normalized spacial score (nSPS) is 11.7. The van der Waals surface area contributed by atoms with E-state index in [1.165, 1.54) is 37.4 Å². The van der Waals surface area contributed by atoms with Gasteiger partial charge in [0.1, 0.15) is 0 Å². The van der Waals surface area contributed by atoms with Crippen molar-refractivity contribution in [2.24, 2.45) is 5.10 Å². The van der Waals surface area contributed by atoms with Crippen LogP contribution < -0.4 is 10.7 Å². The van der Waals surface area contributed by atoms with Gasteiger partial charge in [-0.1, -0.05) is 59.6 Å². The fraction of sp³-hybridized carbons (Fsp3) is 0.194. The minimum absolute atomic E-state index is 0.00178. The summed E-state index contributed by atoms with van der Waals surface area (Å²) in [5.74, 6) is -0.873. The van der Waals surface area contributed by atoms with Gasteiger partial charge < -0.3 is 9.88 Å². The molecule has 0 atom stereocenters. The summed E-state index contributed by atoms with van der Waals surface area (Å²) in [7, 11) is -4.05. The van der Waals surface area contributed by atoms with Crippen molar-refractivity contribution in [2.75, 3.05) is 18.4 Å². The van der Waals surface area contributed by atoms with Crippen molar-refractivity contribution in [2.45, 2.75) is 32.1 Å². The third-order valence-corrected chi connectivity index (χ3v) is 9.33. The van der Waals surface area contributed by atoms with E-state index in [0.29, 0.717) is 22.2 Å². The second-order valence-corrected chi connectivity index (χ2v) is 12.5. The molecule has 0 unspecified atom stereocenters. The molecule has 224 valence electrons. The minimum atomic E-state index is -4.05. The first kappa shape index (κ1) is 32.0. The number of anilines is 1. The van der Waals surface area contributed by atoms with Crippen LogP contribution in [0.3, 0.4) is 0 Å². The van der Waals surface area contributed by atoms with E-state index in [9.17, 15) is 18.0 Å². The molecule has 12 heteroatoms. The molecular weight excluding hydrogens is 609 g/mol. The van der Waals surface area contributed by atoms with Crippen molar-refractivity contribution < 1.29 is 18.0 Å². The molecule has 0 aliphatic rings. The van der Waals surface area contributed by atoms with E-state index in [2.05, 4.69) is 15.8 Å². The maximum atomic E-state index is 13.6. The van der Waals surface area contributed by atoms with Crippen LogP contribution >= 0.6 is 23.2 Å². The summed E-state index contributed by atoms with van der Waals surface area (Å²) in [5, 5.41) is 7.56. The van der Waals surface area contributed by atoms with Crippen LogP contribution in [-0.2, 0) is 26.0 Å². The van der Waals surface area contributed by atoms with Gasteiger partial charge in [-0.25, -0.2) is 13.8 Å². The standard InChI is InChI=1S/C31H31Cl2N5O4S/c1-21-18-25(22(2)38(21)29-11-7-10-28(32)31(29)33)19-34-36-30(40)20-37(17-16-24-8-5-4-6-9-24)43(41,42)27-14-12-26(13-15-27)35-23(3)39/h4-15,18-19H,16-17,20H2,1-3H3,(H,35,39)(H,36,40)/b34-19+. The molecule has 0 fully saturated rings. The lowest BCUT2D eigenvalue weighted by molar-refractivity contribution is -0.121. The van der Waals surface area contributed by atoms with E-state index >= 15 is 0 Å². The molecule has 0 aliphatic carbocycles. The van der Waals surface area contributed by atoms with Gasteiger partial charge in [0.25, 0.3) is 5.91 Å². The quantitative estimate of drug-likeness (QED) is 0.161. The zero-order valence-electron chi connectivity index (χ0n) is 23.8. The predicted octanol–water partition coefficient (Wildman–Crippen LogP) is 5.74. The molecule has 0 saturated carbocycles.